The van der Waals surface area contributed by atoms with Crippen LogP contribution in [0.1, 0.15) is 0 Å². The van der Waals surface area contributed by atoms with Crippen molar-refractivity contribution in [1.82, 2.24) is 4.98 Å². The van der Waals surface area contributed by atoms with Gasteiger partial charge in [0.05, 0.1) is 0 Å². The van der Waals surface area contributed by atoms with Crippen LogP contribution in [0.2, 0.25) is 0 Å². The summed E-state index contributed by atoms with van der Waals surface area (Å²) in [5.41, 5.74) is 13.4. The van der Waals surface area contributed by atoms with Crippen molar-refractivity contribution in [3.63, 3.8) is 0 Å². The lowest BCUT2D eigenvalue weighted by molar-refractivity contribution is 1.42. The van der Waals surface area contributed by atoms with Crippen molar-refractivity contribution < 1.29 is 0 Å². The van der Waals surface area contributed by atoms with E-state index in [0.717, 1.165) is 11.1 Å². The summed E-state index contributed by atoms with van der Waals surface area (Å²) < 4.78 is 0. The van der Waals surface area contributed by atoms with Gasteiger partial charge in [0, 0.05) is 5.56 Å². The van der Waals surface area contributed by atoms with Crippen LogP contribution in [-0.4, -0.2) is 4.98 Å². The standard InChI is InChI=1S/C10H11N3/c11-9-6-8(10(12)13-9)7-4-2-1-3-5-7/h1-6,13H,11-12H2. The summed E-state index contributed by atoms with van der Waals surface area (Å²) in [6.07, 6.45) is 0. The summed E-state index contributed by atoms with van der Waals surface area (Å²) in [5.74, 6) is 1.21. The van der Waals surface area contributed by atoms with Crippen LogP contribution in [0.5, 0.6) is 0 Å². The normalized spacial score (nSPS) is 10.2. The van der Waals surface area contributed by atoms with Gasteiger partial charge in [0.25, 0.3) is 0 Å². The molecule has 0 aliphatic heterocycles. The van der Waals surface area contributed by atoms with E-state index in [-0.39, 0.29) is 0 Å². The minimum atomic E-state index is 0.594. The molecule has 5 N–H and O–H groups in total. The summed E-state index contributed by atoms with van der Waals surface area (Å²) in [6.45, 7) is 0. The van der Waals surface area contributed by atoms with E-state index < -0.39 is 0 Å². The Kier molecular flexibility index (Phi) is 1.70. The Morgan fingerprint density at radius 3 is 2.23 bits per heavy atom. The first-order chi connectivity index (χ1) is 6.27. The topological polar surface area (TPSA) is 67.8 Å². The van der Waals surface area contributed by atoms with Gasteiger partial charge in [-0.3, -0.25) is 0 Å². The molecule has 2 rings (SSSR count). The van der Waals surface area contributed by atoms with Gasteiger partial charge in [0.2, 0.25) is 0 Å². The highest BCUT2D eigenvalue weighted by Crippen LogP contribution is 2.26. The molecule has 66 valence electrons. The molecular formula is C10H11N3. The van der Waals surface area contributed by atoms with Gasteiger partial charge in [-0.25, -0.2) is 0 Å². The number of nitrogen functional groups attached to an aromatic ring is 2. The second-order valence-corrected chi connectivity index (χ2v) is 2.92. The third kappa shape index (κ3) is 1.36. The molecule has 0 saturated carbocycles. The van der Waals surface area contributed by atoms with Gasteiger partial charge in [0.15, 0.2) is 0 Å². The van der Waals surface area contributed by atoms with E-state index in [4.69, 9.17) is 11.5 Å². The van der Waals surface area contributed by atoms with Gasteiger partial charge >= 0.3 is 0 Å². The maximum Gasteiger partial charge on any atom is 0.110 e. The van der Waals surface area contributed by atoms with Crippen molar-refractivity contribution in [2.45, 2.75) is 0 Å². The van der Waals surface area contributed by atoms with E-state index in [1.165, 1.54) is 0 Å². The zero-order valence-corrected chi connectivity index (χ0v) is 7.12. The van der Waals surface area contributed by atoms with E-state index in [0.29, 0.717) is 11.6 Å². The first-order valence-electron chi connectivity index (χ1n) is 4.07. The fraction of sp³-hybridized carbons (Fsp3) is 0. The molecule has 1 aromatic heterocycles. The minimum Gasteiger partial charge on any atom is -0.385 e. The van der Waals surface area contributed by atoms with Crippen molar-refractivity contribution in [3.05, 3.63) is 36.4 Å². The molecule has 0 saturated heterocycles. The molecule has 0 atom stereocenters. The Hall–Kier alpha value is -1.90. The highest BCUT2D eigenvalue weighted by molar-refractivity contribution is 5.77. The first kappa shape index (κ1) is 7.73. The number of nitrogens with two attached hydrogens (primary N) is 2. The van der Waals surface area contributed by atoms with Crippen molar-refractivity contribution in [2.24, 2.45) is 0 Å². The maximum atomic E-state index is 5.74. The summed E-state index contributed by atoms with van der Waals surface area (Å²) in [6, 6.07) is 11.7. The van der Waals surface area contributed by atoms with Crippen molar-refractivity contribution in [2.75, 3.05) is 11.5 Å². The van der Waals surface area contributed by atoms with Crippen LogP contribution < -0.4 is 11.5 Å². The van der Waals surface area contributed by atoms with Crippen LogP contribution in [-0.2, 0) is 0 Å². The van der Waals surface area contributed by atoms with Crippen LogP contribution in [0.15, 0.2) is 36.4 Å². The number of nitrogens with one attached hydrogen (secondary N) is 1. The number of hydrogen-bond donors (Lipinski definition) is 3. The molecule has 2 aromatic rings. The fourth-order valence-electron chi connectivity index (χ4n) is 1.35. The average molecular weight is 173 g/mol. The smallest absolute Gasteiger partial charge is 0.110 e. The number of aromatic amines is 1. The van der Waals surface area contributed by atoms with Gasteiger partial charge in [-0.05, 0) is 11.6 Å². The van der Waals surface area contributed by atoms with E-state index in [2.05, 4.69) is 4.98 Å². The van der Waals surface area contributed by atoms with Crippen LogP contribution in [0.3, 0.4) is 0 Å². The van der Waals surface area contributed by atoms with Gasteiger partial charge in [-0.1, -0.05) is 30.3 Å². The Morgan fingerprint density at radius 1 is 1.00 bits per heavy atom. The fourth-order valence-corrected chi connectivity index (χ4v) is 1.35. The van der Waals surface area contributed by atoms with Crippen molar-refractivity contribution >= 4 is 11.6 Å². The molecule has 0 spiro atoms. The van der Waals surface area contributed by atoms with Crippen LogP contribution in [0.4, 0.5) is 11.6 Å². The molecule has 0 aliphatic carbocycles. The second-order valence-electron chi connectivity index (χ2n) is 2.92. The van der Waals surface area contributed by atoms with Gasteiger partial charge in [0.1, 0.15) is 11.6 Å². The van der Waals surface area contributed by atoms with E-state index in [1.54, 1.807) is 0 Å². The average Bonchev–Trinajstić information content (AvgIpc) is 2.47. The summed E-state index contributed by atoms with van der Waals surface area (Å²) in [4.78, 5) is 2.86. The number of anilines is 2. The number of benzene rings is 1. The molecule has 3 heteroatoms. The molecule has 0 amide bonds. The van der Waals surface area contributed by atoms with E-state index >= 15 is 0 Å². The Bertz CT molecular complexity index is 403. The molecule has 0 aliphatic rings. The molecule has 3 nitrogen and oxygen atoms in total. The molecule has 1 aromatic carbocycles. The Labute approximate surface area is 76.4 Å². The van der Waals surface area contributed by atoms with E-state index in [1.807, 2.05) is 36.4 Å². The van der Waals surface area contributed by atoms with Crippen molar-refractivity contribution in [1.29, 1.82) is 0 Å². The van der Waals surface area contributed by atoms with Gasteiger partial charge < -0.3 is 16.5 Å². The molecule has 0 bridgehead atoms. The molecular weight excluding hydrogens is 162 g/mol. The molecule has 0 fully saturated rings. The lowest BCUT2D eigenvalue weighted by atomic mass is 10.1. The van der Waals surface area contributed by atoms with Crippen LogP contribution in [0.25, 0.3) is 11.1 Å². The van der Waals surface area contributed by atoms with E-state index in [9.17, 15) is 0 Å². The second kappa shape index (κ2) is 2.86. The SMILES string of the molecule is Nc1cc(-c2ccccc2)c(N)[nH]1. The lowest BCUT2D eigenvalue weighted by Crippen LogP contribution is -1.88. The molecule has 0 unspecified atom stereocenters. The monoisotopic (exact) mass is 173 g/mol. The molecule has 1 heterocycles. The highest BCUT2D eigenvalue weighted by atomic mass is 14.9. The van der Waals surface area contributed by atoms with Crippen molar-refractivity contribution in [3.8, 4) is 11.1 Å². The predicted molar refractivity (Wildman–Crippen MR) is 55.1 cm³/mol. The summed E-state index contributed by atoms with van der Waals surface area (Å²) in [7, 11) is 0. The first-order valence-corrected chi connectivity index (χ1v) is 4.07. The third-order valence-electron chi connectivity index (χ3n) is 1.95. The number of aromatic nitrogens is 1. The Morgan fingerprint density at radius 2 is 1.69 bits per heavy atom. The predicted octanol–water partition coefficient (Wildman–Crippen LogP) is 1.85. The lowest BCUT2D eigenvalue weighted by Gasteiger charge is -1.97. The number of rotatable bonds is 1. The highest BCUT2D eigenvalue weighted by Gasteiger charge is 2.04. The molecule has 0 radical (unpaired) electrons. The maximum absolute atomic E-state index is 5.74. The van der Waals surface area contributed by atoms with Gasteiger partial charge in [-0.2, -0.15) is 0 Å². The molecule has 13 heavy (non-hydrogen) atoms. The summed E-state index contributed by atoms with van der Waals surface area (Å²) >= 11 is 0. The van der Waals surface area contributed by atoms with Crippen LogP contribution in [0, 0.1) is 0 Å². The minimum absolute atomic E-state index is 0.594. The zero-order chi connectivity index (χ0) is 9.26. The van der Waals surface area contributed by atoms with Crippen LogP contribution >= 0.6 is 0 Å². The quantitative estimate of drug-likeness (QED) is 0.616. The summed E-state index contributed by atoms with van der Waals surface area (Å²) in [5, 5.41) is 0. The third-order valence-corrected chi connectivity index (χ3v) is 1.95. The van der Waals surface area contributed by atoms with Gasteiger partial charge in [-0.15, -0.1) is 0 Å². The Balaban J connectivity index is 2.53. The zero-order valence-electron chi connectivity index (χ0n) is 7.12. The number of hydrogen-bond acceptors (Lipinski definition) is 2. The number of H-pyrrole nitrogens is 1. The largest absolute Gasteiger partial charge is 0.385 e.